The van der Waals surface area contributed by atoms with Crippen LogP contribution in [0.25, 0.3) is 0 Å². The summed E-state index contributed by atoms with van der Waals surface area (Å²) in [4.78, 5) is 0. The molecule has 0 saturated heterocycles. The van der Waals surface area contributed by atoms with Crippen molar-refractivity contribution in [2.24, 2.45) is 0 Å². The number of hydrogen-bond donors (Lipinski definition) is 1. The standard InChI is InChI=1S/C8H15NS/c1-10-8(4-5-8)6-9-7-2-3-7/h7,9H,2-6H2,1H3. The van der Waals surface area contributed by atoms with E-state index in [1.54, 1.807) is 0 Å². The van der Waals surface area contributed by atoms with Crippen LogP contribution < -0.4 is 5.32 Å². The van der Waals surface area contributed by atoms with Crippen LogP contribution in [0.2, 0.25) is 0 Å². The Labute approximate surface area is 67.0 Å². The van der Waals surface area contributed by atoms with E-state index in [-0.39, 0.29) is 0 Å². The van der Waals surface area contributed by atoms with Gasteiger partial charge in [-0.3, -0.25) is 0 Å². The molecule has 0 heterocycles. The normalized spacial score (nSPS) is 28.5. The fourth-order valence-corrected chi connectivity index (χ4v) is 1.95. The van der Waals surface area contributed by atoms with E-state index in [9.17, 15) is 0 Å². The summed E-state index contributed by atoms with van der Waals surface area (Å²) in [7, 11) is 0. The Morgan fingerprint density at radius 3 is 2.60 bits per heavy atom. The molecular weight excluding hydrogens is 142 g/mol. The van der Waals surface area contributed by atoms with Gasteiger partial charge >= 0.3 is 0 Å². The van der Waals surface area contributed by atoms with Crippen LogP contribution >= 0.6 is 11.8 Å². The minimum absolute atomic E-state index is 0.669. The molecule has 2 rings (SSSR count). The van der Waals surface area contributed by atoms with Gasteiger partial charge in [0.05, 0.1) is 0 Å². The highest BCUT2D eigenvalue weighted by molar-refractivity contribution is 8.00. The quantitative estimate of drug-likeness (QED) is 0.665. The Balaban J connectivity index is 1.68. The summed E-state index contributed by atoms with van der Waals surface area (Å²) in [6.07, 6.45) is 7.96. The molecular formula is C8H15NS. The van der Waals surface area contributed by atoms with Crippen LogP contribution in [0.15, 0.2) is 0 Å². The molecule has 1 nitrogen and oxygen atoms in total. The van der Waals surface area contributed by atoms with E-state index < -0.39 is 0 Å². The van der Waals surface area contributed by atoms with E-state index in [4.69, 9.17) is 0 Å². The first kappa shape index (κ1) is 6.99. The van der Waals surface area contributed by atoms with Crippen LogP contribution in [0, 0.1) is 0 Å². The molecule has 0 aromatic carbocycles. The highest BCUT2D eigenvalue weighted by Crippen LogP contribution is 2.46. The molecule has 10 heavy (non-hydrogen) atoms. The molecule has 0 atom stereocenters. The maximum atomic E-state index is 3.59. The minimum Gasteiger partial charge on any atom is -0.313 e. The van der Waals surface area contributed by atoms with Crippen molar-refractivity contribution in [2.45, 2.75) is 36.5 Å². The van der Waals surface area contributed by atoms with Crippen molar-refractivity contribution < 1.29 is 0 Å². The first-order valence-corrected chi connectivity index (χ1v) is 5.36. The highest BCUT2D eigenvalue weighted by Gasteiger charge is 2.42. The van der Waals surface area contributed by atoms with Crippen molar-refractivity contribution in [3.8, 4) is 0 Å². The van der Waals surface area contributed by atoms with Gasteiger partial charge in [0.2, 0.25) is 0 Å². The molecule has 2 heteroatoms. The van der Waals surface area contributed by atoms with Crippen molar-refractivity contribution in [2.75, 3.05) is 12.8 Å². The molecule has 2 aliphatic rings. The van der Waals surface area contributed by atoms with Crippen LogP contribution in [-0.2, 0) is 0 Å². The lowest BCUT2D eigenvalue weighted by atomic mass is 10.4. The summed E-state index contributed by atoms with van der Waals surface area (Å²) in [5, 5.41) is 3.59. The molecule has 0 aliphatic heterocycles. The first-order chi connectivity index (χ1) is 4.85. The number of hydrogen-bond acceptors (Lipinski definition) is 2. The summed E-state index contributed by atoms with van der Waals surface area (Å²) in [5.41, 5.74) is 0. The second-order valence-corrected chi connectivity index (χ2v) is 4.82. The molecule has 0 radical (unpaired) electrons. The molecule has 0 unspecified atom stereocenters. The Hall–Kier alpha value is 0.310. The van der Waals surface area contributed by atoms with Gasteiger partial charge in [-0.15, -0.1) is 0 Å². The van der Waals surface area contributed by atoms with Crippen LogP contribution in [0.4, 0.5) is 0 Å². The van der Waals surface area contributed by atoms with Crippen molar-refractivity contribution in [1.82, 2.24) is 5.32 Å². The third kappa shape index (κ3) is 1.48. The largest absolute Gasteiger partial charge is 0.313 e. The third-order valence-electron chi connectivity index (χ3n) is 2.53. The van der Waals surface area contributed by atoms with Crippen LogP contribution in [0.5, 0.6) is 0 Å². The molecule has 0 amide bonds. The first-order valence-electron chi connectivity index (χ1n) is 4.13. The smallest absolute Gasteiger partial charge is 0.0282 e. The average molecular weight is 157 g/mol. The molecule has 2 aliphatic carbocycles. The monoisotopic (exact) mass is 157 g/mol. The van der Waals surface area contributed by atoms with Crippen LogP contribution in [-0.4, -0.2) is 23.6 Å². The summed E-state index contributed by atoms with van der Waals surface area (Å²) < 4.78 is 0.669. The van der Waals surface area contributed by atoms with Crippen molar-refractivity contribution in [3.05, 3.63) is 0 Å². The summed E-state index contributed by atoms with van der Waals surface area (Å²) >= 11 is 2.05. The van der Waals surface area contributed by atoms with Gasteiger partial charge in [0, 0.05) is 17.3 Å². The number of rotatable bonds is 4. The number of nitrogens with one attached hydrogen (secondary N) is 1. The second kappa shape index (κ2) is 2.42. The zero-order valence-electron chi connectivity index (χ0n) is 6.52. The highest BCUT2D eigenvalue weighted by atomic mass is 32.2. The molecule has 0 aromatic rings. The van der Waals surface area contributed by atoms with Gasteiger partial charge < -0.3 is 5.32 Å². The summed E-state index contributed by atoms with van der Waals surface area (Å²) in [6, 6.07) is 0.893. The maximum absolute atomic E-state index is 3.59. The maximum Gasteiger partial charge on any atom is 0.0282 e. The summed E-state index contributed by atoms with van der Waals surface area (Å²) in [6.45, 7) is 1.26. The van der Waals surface area contributed by atoms with E-state index in [0.29, 0.717) is 4.75 Å². The molecule has 2 saturated carbocycles. The molecule has 0 bridgehead atoms. The zero-order valence-corrected chi connectivity index (χ0v) is 7.34. The van der Waals surface area contributed by atoms with Gasteiger partial charge in [0.1, 0.15) is 0 Å². The fourth-order valence-electron chi connectivity index (χ4n) is 1.21. The SMILES string of the molecule is CSC1(CNC2CC2)CC1. The zero-order chi connectivity index (χ0) is 7.03. The topological polar surface area (TPSA) is 12.0 Å². The third-order valence-corrected chi connectivity index (χ3v) is 3.95. The average Bonchev–Trinajstić information content (AvgIpc) is 2.83. The molecule has 0 spiro atoms. The van der Waals surface area contributed by atoms with Gasteiger partial charge in [-0.1, -0.05) is 0 Å². The molecule has 2 fully saturated rings. The predicted molar refractivity (Wildman–Crippen MR) is 46.5 cm³/mol. The Morgan fingerprint density at radius 1 is 1.50 bits per heavy atom. The lowest BCUT2D eigenvalue weighted by Crippen LogP contribution is -2.27. The van der Waals surface area contributed by atoms with Gasteiger partial charge in [-0.05, 0) is 31.9 Å². The van der Waals surface area contributed by atoms with E-state index in [0.717, 1.165) is 6.04 Å². The number of thioether (sulfide) groups is 1. The predicted octanol–water partition coefficient (Wildman–Crippen LogP) is 1.63. The lowest BCUT2D eigenvalue weighted by Gasteiger charge is -2.11. The Kier molecular flexibility index (Phi) is 1.69. The lowest BCUT2D eigenvalue weighted by molar-refractivity contribution is 0.659. The molecule has 1 N–H and O–H groups in total. The minimum atomic E-state index is 0.669. The Morgan fingerprint density at radius 2 is 2.20 bits per heavy atom. The molecule has 58 valence electrons. The van der Waals surface area contributed by atoms with E-state index in [1.807, 2.05) is 11.8 Å². The van der Waals surface area contributed by atoms with Gasteiger partial charge in [-0.25, -0.2) is 0 Å². The van der Waals surface area contributed by atoms with Gasteiger partial charge in [-0.2, -0.15) is 11.8 Å². The van der Waals surface area contributed by atoms with Crippen LogP contribution in [0.3, 0.4) is 0 Å². The van der Waals surface area contributed by atoms with Crippen molar-refractivity contribution >= 4 is 11.8 Å². The van der Waals surface area contributed by atoms with Gasteiger partial charge in [0.15, 0.2) is 0 Å². The van der Waals surface area contributed by atoms with E-state index in [1.165, 1.54) is 32.2 Å². The van der Waals surface area contributed by atoms with Crippen molar-refractivity contribution in [1.29, 1.82) is 0 Å². The van der Waals surface area contributed by atoms with Crippen molar-refractivity contribution in [3.63, 3.8) is 0 Å². The van der Waals surface area contributed by atoms with Crippen LogP contribution in [0.1, 0.15) is 25.7 Å². The second-order valence-electron chi connectivity index (χ2n) is 3.54. The van der Waals surface area contributed by atoms with E-state index >= 15 is 0 Å². The summed E-state index contributed by atoms with van der Waals surface area (Å²) in [5.74, 6) is 0. The Bertz CT molecular complexity index is 127. The van der Waals surface area contributed by atoms with E-state index in [2.05, 4.69) is 11.6 Å². The molecule has 0 aromatic heterocycles. The van der Waals surface area contributed by atoms with Gasteiger partial charge in [0.25, 0.3) is 0 Å². The fraction of sp³-hybridized carbons (Fsp3) is 1.00.